The second-order valence-electron chi connectivity index (χ2n) is 6.00. The Bertz CT molecular complexity index is 498. The van der Waals surface area contributed by atoms with Crippen molar-refractivity contribution in [2.24, 2.45) is 0 Å². The van der Waals surface area contributed by atoms with E-state index in [-0.39, 0.29) is 12.2 Å². The minimum atomic E-state index is -0.853. The highest BCUT2D eigenvalue weighted by Crippen LogP contribution is 2.43. The smallest absolute Gasteiger partial charge is 0.467 e. The van der Waals surface area contributed by atoms with Gasteiger partial charge in [-0.05, 0) is 49.7 Å². The molecule has 0 aliphatic carbocycles. The van der Waals surface area contributed by atoms with Crippen LogP contribution in [0.2, 0.25) is 0 Å². The highest BCUT2D eigenvalue weighted by atomic mass is 79.9. The molecule has 1 fully saturated rings. The Balaban J connectivity index is 2.27. The molecular formula is C13H18BBrO4S. The number of hydrogen-bond donors (Lipinski definition) is 1. The van der Waals surface area contributed by atoms with E-state index < -0.39 is 24.3 Å². The van der Waals surface area contributed by atoms with E-state index in [1.807, 2.05) is 39.1 Å². The minimum Gasteiger partial charge on any atom is -0.481 e. The zero-order valence-corrected chi connectivity index (χ0v) is 14.4. The van der Waals surface area contributed by atoms with Gasteiger partial charge in [0.15, 0.2) is 0 Å². The summed E-state index contributed by atoms with van der Waals surface area (Å²) in [6.45, 7) is 7.87. The number of carboxylic acids is 1. The van der Waals surface area contributed by atoms with Crippen molar-refractivity contribution in [2.45, 2.75) is 51.1 Å². The van der Waals surface area contributed by atoms with Crippen molar-refractivity contribution in [1.29, 1.82) is 0 Å². The van der Waals surface area contributed by atoms with Crippen LogP contribution >= 0.6 is 27.3 Å². The zero-order valence-electron chi connectivity index (χ0n) is 12.0. The largest absolute Gasteiger partial charge is 0.481 e. The zero-order chi connectivity index (χ0) is 15.1. The van der Waals surface area contributed by atoms with Crippen LogP contribution in [0.4, 0.5) is 0 Å². The van der Waals surface area contributed by atoms with Gasteiger partial charge in [-0.25, -0.2) is 0 Å². The van der Waals surface area contributed by atoms with Crippen molar-refractivity contribution in [3.63, 3.8) is 0 Å². The van der Waals surface area contributed by atoms with Crippen LogP contribution in [-0.2, 0) is 14.1 Å². The minimum absolute atomic E-state index is 0.0101. The van der Waals surface area contributed by atoms with Crippen LogP contribution in [0.25, 0.3) is 0 Å². The molecule has 1 aromatic rings. The lowest BCUT2D eigenvalue weighted by Crippen LogP contribution is -2.41. The molecule has 2 heterocycles. The summed E-state index contributed by atoms with van der Waals surface area (Å²) in [5.41, 5.74) is -0.911. The van der Waals surface area contributed by atoms with Crippen LogP contribution in [0.1, 0.15) is 44.8 Å². The number of carbonyl (C=O) groups is 1. The van der Waals surface area contributed by atoms with Gasteiger partial charge in [-0.1, -0.05) is 0 Å². The summed E-state index contributed by atoms with van der Waals surface area (Å²) in [4.78, 5) is 12.1. The molecule has 0 aromatic carbocycles. The Morgan fingerprint density at radius 3 is 2.35 bits per heavy atom. The molecule has 1 aromatic heterocycles. The van der Waals surface area contributed by atoms with E-state index in [1.54, 1.807) is 0 Å². The van der Waals surface area contributed by atoms with Gasteiger partial charge in [0.05, 0.1) is 17.6 Å². The molecule has 110 valence electrons. The first-order valence-electron chi connectivity index (χ1n) is 6.44. The Kier molecular flexibility index (Phi) is 4.36. The van der Waals surface area contributed by atoms with Gasteiger partial charge in [0.2, 0.25) is 0 Å². The van der Waals surface area contributed by atoms with Crippen molar-refractivity contribution in [2.75, 3.05) is 0 Å². The molecule has 0 spiro atoms. The van der Waals surface area contributed by atoms with E-state index in [2.05, 4.69) is 15.9 Å². The molecule has 1 saturated heterocycles. The number of thiophene rings is 1. The molecule has 0 amide bonds. The molecule has 4 nitrogen and oxygen atoms in total. The number of halogens is 1. The van der Waals surface area contributed by atoms with Crippen LogP contribution in [-0.4, -0.2) is 29.4 Å². The van der Waals surface area contributed by atoms with Crippen LogP contribution < -0.4 is 0 Å². The molecule has 7 heteroatoms. The summed E-state index contributed by atoms with van der Waals surface area (Å²) in [6.07, 6.45) is -0.0101. The third kappa shape index (κ3) is 3.11. The predicted molar refractivity (Wildman–Crippen MR) is 83.1 cm³/mol. The summed E-state index contributed by atoms with van der Waals surface area (Å²) in [5, 5.41) is 11.1. The van der Waals surface area contributed by atoms with Gasteiger partial charge in [-0.15, -0.1) is 11.3 Å². The molecule has 0 radical (unpaired) electrons. The van der Waals surface area contributed by atoms with Gasteiger partial charge >= 0.3 is 13.1 Å². The van der Waals surface area contributed by atoms with Crippen molar-refractivity contribution in [3.05, 3.63) is 20.8 Å². The second-order valence-corrected chi connectivity index (χ2v) is 7.85. The summed E-state index contributed by atoms with van der Waals surface area (Å²) in [5.74, 6) is -1.15. The van der Waals surface area contributed by atoms with E-state index in [0.29, 0.717) is 0 Å². The average Bonchev–Trinajstić information content (AvgIpc) is 2.78. The van der Waals surface area contributed by atoms with Gasteiger partial charge in [0.1, 0.15) is 0 Å². The lowest BCUT2D eigenvalue weighted by Gasteiger charge is -2.32. The van der Waals surface area contributed by atoms with Crippen LogP contribution in [0.15, 0.2) is 15.9 Å². The van der Waals surface area contributed by atoms with Gasteiger partial charge in [0, 0.05) is 20.5 Å². The van der Waals surface area contributed by atoms with E-state index >= 15 is 0 Å². The summed E-state index contributed by atoms with van der Waals surface area (Å²) in [7, 11) is -0.540. The topological polar surface area (TPSA) is 55.8 Å². The number of carboxylic acid groups (broad SMARTS) is 1. The standard InChI is InChI=1S/C13H18BBrO4S/c1-12(2)13(3,4)19-14(18-12)9(6-11(16)17)10-5-8(15)7-20-10/h5,7,9H,6H2,1-4H3,(H,16,17). The average molecular weight is 361 g/mol. The van der Waals surface area contributed by atoms with E-state index in [0.717, 1.165) is 9.35 Å². The van der Waals surface area contributed by atoms with Gasteiger partial charge in [-0.3, -0.25) is 4.79 Å². The fraction of sp³-hybridized carbons (Fsp3) is 0.615. The number of hydrogen-bond acceptors (Lipinski definition) is 4. The van der Waals surface area contributed by atoms with Crippen molar-refractivity contribution in [3.8, 4) is 0 Å². The molecule has 0 bridgehead atoms. The Hall–Kier alpha value is -0.365. The second kappa shape index (κ2) is 5.44. The van der Waals surface area contributed by atoms with Crippen LogP contribution in [0.3, 0.4) is 0 Å². The first-order chi connectivity index (χ1) is 9.12. The molecule has 0 saturated carbocycles. The van der Waals surface area contributed by atoms with Crippen molar-refractivity contribution in [1.82, 2.24) is 0 Å². The monoisotopic (exact) mass is 360 g/mol. The highest BCUT2D eigenvalue weighted by Gasteiger charge is 2.54. The van der Waals surface area contributed by atoms with Crippen LogP contribution in [0.5, 0.6) is 0 Å². The maximum atomic E-state index is 11.2. The fourth-order valence-corrected chi connectivity index (χ4v) is 3.65. The number of aliphatic carboxylic acids is 1. The summed E-state index contributed by atoms with van der Waals surface area (Å²) >= 11 is 4.92. The van der Waals surface area contributed by atoms with E-state index in [4.69, 9.17) is 14.4 Å². The van der Waals surface area contributed by atoms with E-state index in [1.165, 1.54) is 11.3 Å². The SMILES string of the molecule is CC1(C)OB(C(CC(=O)O)c2cc(Br)cs2)OC1(C)C. The van der Waals surface area contributed by atoms with Gasteiger partial charge in [0.25, 0.3) is 0 Å². The third-order valence-electron chi connectivity index (χ3n) is 3.95. The first-order valence-corrected chi connectivity index (χ1v) is 8.11. The van der Waals surface area contributed by atoms with Gasteiger partial charge < -0.3 is 14.4 Å². The molecule has 20 heavy (non-hydrogen) atoms. The fourth-order valence-electron chi connectivity index (χ4n) is 2.09. The lowest BCUT2D eigenvalue weighted by atomic mass is 9.69. The Morgan fingerprint density at radius 1 is 1.40 bits per heavy atom. The first kappa shape index (κ1) is 16.0. The summed E-state index contributed by atoms with van der Waals surface area (Å²) in [6, 6.07) is 1.93. The van der Waals surface area contributed by atoms with Crippen molar-refractivity contribution < 1.29 is 19.2 Å². The Morgan fingerprint density at radius 2 is 1.95 bits per heavy atom. The molecule has 1 atom stereocenters. The van der Waals surface area contributed by atoms with E-state index in [9.17, 15) is 4.79 Å². The Labute approximate surface area is 131 Å². The summed E-state index contributed by atoms with van der Waals surface area (Å²) < 4.78 is 12.9. The molecule has 1 aliphatic heterocycles. The molecular weight excluding hydrogens is 343 g/mol. The number of rotatable bonds is 4. The van der Waals surface area contributed by atoms with Gasteiger partial charge in [-0.2, -0.15) is 0 Å². The predicted octanol–water partition coefficient (Wildman–Crippen LogP) is 3.70. The van der Waals surface area contributed by atoms with Crippen LogP contribution in [0, 0.1) is 0 Å². The quantitative estimate of drug-likeness (QED) is 0.831. The normalized spacial score (nSPS) is 21.9. The third-order valence-corrected chi connectivity index (χ3v) is 5.77. The molecule has 1 unspecified atom stereocenters. The maximum Gasteiger partial charge on any atom is 0.467 e. The molecule has 2 rings (SSSR count). The highest BCUT2D eigenvalue weighted by molar-refractivity contribution is 9.10. The van der Waals surface area contributed by atoms with Crippen molar-refractivity contribution >= 4 is 40.4 Å². The lowest BCUT2D eigenvalue weighted by molar-refractivity contribution is -0.137. The molecule has 1 N–H and O–H groups in total. The molecule has 1 aliphatic rings. The maximum absolute atomic E-state index is 11.2.